The Balaban J connectivity index is 1.71. The van der Waals surface area contributed by atoms with Crippen molar-refractivity contribution in [3.8, 4) is 0 Å². The molecule has 0 aliphatic heterocycles. The molecule has 1 fully saturated rings. The lowest BCUT2D eigenvalue weighted by Gasteiger charge is -2.14. The number of aryl methyl sites for hydroxylation is 1. The molecule has 1 aliphatic rings. The molecule has 3 aromatic heterocycles. The molecule has 1 N–H and O–H groups in total. The van der Waals surface area contributed by atoms with E-state index in [-0.39, 0.29) is 11.9 Å². The van der Waals surface area contributed by atoms with Crippen LogP contribution in [-0.2, 0) is 6.42 Å². The summed E-state index contributed by atoms with van der Waals surface area (Å²) in [6.45, 7) is 4.01. The van der Waals surface area contributed by atoms with Gasteiger partial charge in [0.15, 0.2) is 0 Å². The van der Waals surface area contributed by atoms with Gasteiger partial charge in [-0.3, -0.25) is 9.78 Å². The smallest absolute Gasteiger partial charge is 0.259 e. The second-order valence-corrected chi connectivity index (χ2v) is 6.88. The molecule has 6 nitrogen and oxygen atoms in total. The van der Waals surface area contributed by atoms with Crippen LogP contribution in [0.25, 0.3) is 11.1 Å². The maximum absolute atomic E-state index is 13.1. The molecule has 3 heterocycles. The number of aromatic nitrogens is 3. The fraction of sp³-hybridized carbons (Fsp3) is 0.400. The van der Waals surface area contributed by atoms with E-state index in [1.54, 1.807) is 6.20 Å². The lowest BCUT2D eigenvalue weighted by Crippen LogP contribution is -2.27. The average molecular weight is 350 g/mol. The fourth-order valence-corrected chi connectivity index (χ4v) is 3.18. The highest BCUT2D eigenvalue weighted by molar-refractivity contribution is 6.06. The molecule has 1 saturated carbocycles. The van der Waals surface area contributed by atoms with Gasteiger partial charge in [-0.15, -0.1) is 0 Å². The molecular weight excluding hydrogens is 328 g/mol. The number of carbonyl (C=O) groups is 1. The first-order chi connectivity index (χ1) is 12.7. The summed E-state index contributed by atoms with van der Waals surface area (Å²) in [5, 5.41) is 7.95. The van der Waals surface area contributed by atoms with Crippen LogP contribution in [0.15, 0.2) is 35.0 Å². The average Bonchev–Trinajstić information content (AvgIpc) is 3.44. The van der Waals surface area contributed by atoms with Crippen molar-refractivity contribution in [2.24, 2.45) is 0 Å². The molecule has 0 saturated heterocycles. The van der Waals surface area contributed by atoms with Gasteiger partial charge in [0.05, 0.1) is 28.4 Å². The number of hydrogen-bond donors (Lipinski definition) is 1. The van der Waals surface area contributed by atoms with Crippen molar-refractivity contribution in [2.45, 2.75) is 51.5 Å². The minimum absolute atomic E-state index is 0.141. The van der Waals surface area contributed by atoms with E-state index in [0.29, 0.717) is 17.2 Å². The zero-order chi connectivity index (χ0) is 18.1. The Labute approximate surface area is 152 Å². The van der Waals surface area contributed by atoms with Crippen molar-refractivity contribution in [3.05, 3.63) is 53.1 Å². The topological polar surface area (TPSA) is 80.9 Å². The molecule has 0 bridgehead atoms. The van der Waals surface area contributed by atoms with Gasteiger partial charge in [0, 0.05) is 17.8 Å². The number of pyridine rings is 2. The molecule has 134 valence electrons. The zero-order valence-electron chi connectivity index (χ0n) is 15.0. The third-order valence-corrected chi connectivity index (χ3v) is 4.74. The van der Waals surface area contributed by atoms with Crippen LogP contribution in [0.3, 0.4) is 0 Å². The highest BCUT2D eigenvalue weighted by Gasteiger charge is 2.29. The third-order valence-electron chi connectivity index (χ3n) is 4.74. The van der Waals surface area contributed by atoms with Crippen LogP contribution in [0.1, 0.15) is 72.5 Å². The van der Waals surface area contributed by atoms with Crippen LogP contribution in [0.2, 0.25) is 0 Å². The van der Waals surface area contributed by atoms with Crippen molar-refractivity contribution in [2.75, 3.05) is 0 Å². The van der Waals surface area contributed by atoms with Gasteiger partial charge in [0.2, 0.25) is 0 Å². The second kappa shape index (κ2) is 6.86. The highest BCUT2D eigenvalue weighted by Crippen LogP contribution is 2.40. The Morgan fingerprint density at radius 3 is 2.92 bits per heavy atom. The SMILES string of the molecule is CCCc1noc2nc(C3CC3)cc(C(=O)N[C@@H](C)c3ccccn3)c12. The van der Waals surface area contributed by atoms with Crippen LogP contribution in [0.5, 0.6) is 0 Å². The maximum atomic E-state index is 13.1. The number of hydrogen-bond acceptors (Lipinski definition) is 5. The first kappa shape index (κ1) is 16.7. The van der Waals surface area contributed by atoms with Crippen molar-refractivity contribution < 1.29 is 9.32 Å². The number of nitrogens with one attached hydrogen (secondary N) is 1. The molecule has 3 aromatic rings. The van der Waals surface area contributed by atoms with Crippen LogP contribution < -0.4 is 5.32 Å². The van der Waals surface area contributed by atoms with Gasteiger partial charge in [0.1, 0.15) is 0 Å². The fourth-order valence-electron chi connectivity index (χ4n) is 3.18. The molecule has 0 unspecified atom stereocenters. The monoisotopic (exact) mass is 350 g/mol. The largest absolute Gasteiger partial charge is 0.344 e. The van der Waals surface area contributed by atoms with Gasteiger partial charge < -0.3 is 9.84 Å². The first-order valence-corrected chi connectivity index (χ1v) is 9.18. The van der Waals surface area contributed by atoms with Crippen molar-refractivity contribution >= 4 is 17.0 Å². The van der Waals surface area contributed by atoms with E-state index in [1.807, 2.05) is 31.2 Å². The van der Waals surface area contributed by atoms with Gasteiger partial charge in [0.25, 0.3) is 11.6 Å². The van der Waals surface area contributed by atoms with Gasteiger partial charge in [-0.05, 0) is 44.4 Å². The molecule has 1 atom stereocenters. The maximum Gasteiger partial charge on any atom is 0.259 e. The van der Waals surface area contributed by atoms with Crippen LogP contribution in [0.4, 0.5) is 0 Å². The van der Waals surface area contributed by atoms with Crippen molar-refractivity contribution in [1.82, 2.24) is 20.4 Å². The summed E-state index contributed by atoms with van der Waals surface area (Å²) in [7, 11) is 0. The van der Waals surface area contributed by atoms with E-state index in [1.165, 1.54) is 0 Å². The predicted molar refractivity (Wildman–Crippen MR) is 97.9 cm³/mol. The summed E-state index contributed by atoms with van der Waals surface area (Å²) in [5.74, 6) is 0.289. The van der Waals surface area contributed by atoms with Gasteiger partial charge in [-0.2, -0.15) is 0 Å². The predicted octanol–water partition coefficient (Wildman–Crippen LogP) is 3.94. The Bertz CT molecular complexity index is 932. The molecule has 0 aromatic carbocycles. The lowest BCUT2D eigenvalue weighted by atomic mass is 10.0. The van der Waals surface area contributed by atoms with E-state index in [0.717, 1.165) is 48.2 Å². The van der Waals surface area contributed by atoms with E-state index in [4.69, 9.17) is 4.52 Å². The normalized spacial score (nSPS) is 15.2. The number of carbonyl (C=O) groups excluding carboxylic acids is 1. The third kappa shape index (κ3) is 3.19. The van der Waals surface area contributed by atoms with Crippen LogP contribution in [-0.4, -0.2) is 21.0 Å². The summed E-state index contributed by atoms with van der Waals surface area (Å²) in [5.41, 5.74) is 3.62. The zero-order valence-corrected chi connectivity index (χ0v) is 15.0. The molecule has 4 rings (SSSR count). The summed E-state index contributed by atoms with van der Waals surface area (Å²) < 4.78 is 5.45. The van der Waals surface area contributed by atoms with Crippen LogP contribution in [0, 0.1) is 0 Å². The second-order valence-electron chi connectivity index (χ2n) is 6.88. The minimum Gasteiger partial charge on any atom is -0.344 e. The molecule has 26 heavy (non-hydrogen) atoms. The number of amides is 1. The standard InChI is InChI=1S/C20H22N4O2/c1-3-6-16-18-14(11-17(13-8-9-13)23-20(18)26-24-16)19(25)22-12(2)15-7-4-5-10-21-15/h4-5,7,10-13H,3,6,8-9H2,1-2H3,(H,22,25)/t12-/m0/s1. The van der Waals surface area contributed by atoms with E-state index >= 15 is 0 Å². The number of fused-ring (bicyclic) bond motifs is 1. The number of nitrogens with zero attached hydrogens (tertiary/aromatic N) is 3. The Morgan fingerprint density at radius 2 is 2.23 bits per heavy atom. The van der Waals surface area contributed by atoms with Gasteiger partial charge >= 0.3 is 0 Å². The van der Waals surface area contributed by atoms with Gasteiger partial charge in [-0.1, -0.05) is 24.6 Å². The summed E-state index contributed by atoms with van der Waals surface area (Å²) >= 11 is 0. The van der Waals surface area contributed by atoms with Gasteiger partial charge in [-0.25, -0.2) is 4.98 Å². The van der Waals surface area contributed by atoms with E-state index in [9.17, 15) is 4.79 Å². The molecule has 1 aliphatic carbocycles. The van der Waals surface area contributed by atoms with E-state index < -0.39 is 0 Å². The number of rotatable bonds is 6. The van der Waals surface area contributed by atoms with Crippen molar-refractivity contribution in [1.29, 1.82) is 0 Å². The molecule has 1 amide bonds. The van der Waals surface area contributed by atoms with E-state index in [2.05, 4.69) is 27.4 Å². The van der Waals surface area contributed by atoms with Crippen LogP contribution >= 0.6 is 0 Å². The highest BCUT2D eigenvalue weighted by atomic mass is 16.5. The quantitative estimate of drug-likeness (QED) is 0.728. The molecule has 6 heteroatoms. The molecule has 0 radical (unpaired) electrons. The molecular formula is C20H22N4O2. The Kier molecular flexibility index (Phi) is 4.41. The summed E-state index contributed by atoms with van der Waals surface area (Å²) in [6, 6.07) is 7.41. The van der Waals surface area contributed by atoms with Crippen molar-refractivity contribution in [3.63, 3.8) is 0 Å². The Hall–Kier alpha value is -2.76. The first-order valence-electron chi connectivity index (χ1n) is 9.18. The summed E-state index contributed by atoms with van der Waals surface area (Å²) in [6.07, 6.45) is 5.64. The summed E-state index contributed by atoms with van der Waals surface area (Å²) in [4.78, 5) is 22.0. The molecule has 0 spiro atoms. The lowest BCUT2D eigenvalue weighted by molar-refractivity contribution is 0.0940. The Morgan fingerprint density at radius 1 is 1.38 bits per heavy atom. The minimum atomic E-state index is -0.189.